The zero-order valence-electron chi connectivity index (χ0n) is 23.1. The molecule has 2 unspecified atom stereocenters. The van der Waals surface area contributed by atoms with Crippen LogP contribution in [0.15, 0.2) is 53.4 Å². The molecule has 38 heavy (non-hydrogen) atoms. The van der Waals surface area contributed by atoms with Gasteiger partial charge in [0.1, 0.15) is 39.7 Å². The molecule has 0 spiro atoms. The monoisotopic (exact) mass is 570 g/mol. The van der Waals surface area contributed by atoms with E-state index < -0.39 is 16.2 Å². The largest absolute Gasteiger partial charge is 0.744 e. The van der Waals surface area contributed by atoms with E-state index in [1.807, 2.05) is 38.1 Å². The number of benzene rings is 2. The molecule has 2 aromatic rings. The van der Waals surface area contributed by atoms with E-state index in [0.29, 0.717) is 42.9 Å². The number of ether oxygens (including phenoxy) is 4. The van der Waals surface area contributed by atoms with Crippen LogP contribution in [0.2, 0.25) is 0 Å². The number of hydrogen-bond acceptors (Lipinski definition) is 8. The summed E-state index contributed by atoms with van der Waals surface area (Å²) >= 11 is 0. The van der Waals surface area contributed by atoms with Crippen molar-refractivity contribution in [2.24, 2.45) is 0 Å². The van der Waals surface area contributed by atoms with Crippen LogP contribution in [0.3, 0.4) is 0 Å². The zero-order valence-corrected chi connectivity index (χ0v) is 24.8. The van der Waals surface area contributed by atoms with Crippen molar-refractivity contribution in [1.29, 1.82) is 0 Å². The Bertz CT molecular complexity index is 1030. The van der Waals surface area contributed by atoms with Gasteiger partial charge in [0.05, 0.1) is 24.4 Å². The standard InChI is InChI=1S/C21H35O5S.C7H8O3S/c1-5-13-27(4)14-9-12-24-18-10-8-11-19(15-18)25-17-20(16-23-7-3)26-21(22)6-2;1-6-2-4-7(5-3-6)11(8,9)10/h8,10-11,15,20H,5-7,9,12-14,16-17H2,1-4H3;2-5H,1H3,(H,8,9,10)/q+1;/p-1. The maximum Gasteiger partial charge on any atom is 0.305 e. The van der Waals surface area contributed by atoms with E-state index in [0.717, 1.165) is 17.7 Å². The predicted molar refractivity (Wildman–Crippen MR) is 151 cm³/mol. The lowest BCUT2D eigenvalue weighted by Crippen LogP contribution is -2.29. The smallest absolute Gasteiger partial charge is 0.305 e. The second-order valence-electron chi connectivity index (χ2n) is 8.57. The summed E-state index contributed by atoms with van der Waals surface area (Å²) in [4.78, 5) is 11.4. The van der Waals surface area contributed by atoms with Gasteiger partial charge in [-0.15, -0.1) is 0 Å². The number of carbonyl (C=O) groups excluding carboxylic acids is 1. The minimum absolute atomic E-state index is 0.178. The Labute approximate surface area is 231 Å². The molecule has 0 aliphatic rings. The summed E-state index contributed by atoms with van der Waals surface area (Å²) in [5.74, 6) is 3.76. The lowest BCUT2D eigenvalue weighted by Gasteiger charge is -2.18. The van der Waals surface area contributed by atoms with E-state index in [4.69, 9.17) is 18.9 Å². The minimum atomic E-state index is -4.27. The quantitative estimate of drug-likeness (QED) is 0.123. The highest BCUT2D eigenvalue weighted by Gasteiger charge is 2.15. The summed E-state index contributed by atoms with van der Waals surface area (Å²) in [6, 6.07) is 13.4. The Morgan fingerprint density at radius 1 is 0.974 bits per heavy atom. The molecule has 0 saturated heterocycles. The Morgan fingerprint density at radius 2 is 1.63 bits per heavy atom. The van der Waals surface area contributed by atoms with Crippen LogP contribution in [-0.4, -0.2) is 69.2 Å². The predicted octanol–water partition coefficient (Wildman–Crippen LogP) is 4.75. The number of rotatable bonds is 16. The summed E-state index contributed by atoms with van der Waals surface area (Å²) < 4.78 is 53.5. The molecule has 0 amide bonds. The van der Waals surface area contributed by atoms with Crippen molar-refractivity contribution in [1.82, 2.24) is 0 Å². The van der Waals surface area contributed by atoms with Crippen LogP contribution < -0.4 is 9.47 Å². The first kappa shape index (κ1) is 33.8. The van der Waals surface area contributed by atoms with Gasteiger partial charge in [-0.1, -0.05) is 37.6 Å². The molecule has 0 heterocycles. The third-order valence-electron chi connectivity index (χ3n) is 5.10. The average molecular weight is 571 g/mol. The van der Waals surface area contributed by atoms with Gasteiger partial charge in [0.25, 0.3) is 0 Å². The lowest BCUT2D eigenvalue weighted by atomic mass is 10.2. The highest BCUT2D eigenvalue weighted by molar-refractivity contribution is 7.96. The van der Waals surface area contributed by atoms with E-state index in [9.17, 15) is 17.8 Å². The molecule has 214 valence electrons. The normalized spacial score (nSPS) is 12.6. The van der Waals surface area contributed by atoms with Crippen LogP contribution in [0.25, 0.3) is 0 Å². The lowest BCUT2D eigenvalue weighted by molar-refractivity contribution is -0.153. The molecule has 2 aromatic carbocycles. The molecule has 0 saturated carbocycles. The van der Waals surface area contributed by atoms with Crippen molar-refractivity contribution in [3.8, 4) is 11.5 Å². The van der Waals surface area contributed by atoms with Crippen molar-refractivity contribution < 1.29 is 36.7 Å². The first-order valence-corrected chi connectivity index (χ1v) is 16.2. The van der Waals surface area contributed by atoms with Crippen LogP contribution in [-0.2, 0) is 35.3 Å². The molecule has 0 aliphatic carbocycles. The van der Waals surface area contributed by atoms with Gasteiger partial charge in [0.15, 0.2) is 6.10 Å². The van der Waals surface area contributed by atoms with Gasteiger partial charge < -0.3 is 23.5 Å². The second-order valence-corrected chi connectivity index (χ2v) is 12.3. The summed E-state index contributed by atoms with van der Waals surface area (Å²) in [5.41, 5.74) is 0.928. The van der Waals surface area contributed by atoms with E-state index in [1.165, 1.54) is 30.1 Å². The van der Waals surface area contributed by atoms with Crippen molar-refractivity contribution in [2.75, 3.05) is 44.2 Å². The van der Waals surface area contributed by atoms with E-state index in [1.54, 1.807) is 19.1 Å². The summed E-state index contributed by atoms with van der Waals surface area (Å²) in [7, 11) is -3.78. The highest BCUT2D eigenvalue weighted by atomic mass is 32.2. The van der Waals surface area contributed by atoms with Gasteiger partial charge in [0.2, 0.25) is 0 Å². The average Bonchev–Trinajstić information content (AvgIpc) is 2.88. The van der Waals surface area contributed by atoms with Crippen molar-refractivity contribution in [3.05, 3.63) is 54.1 Å². The van der Waals surface area contributed by atoms with Gasteiger partial charge >= 0.3 is 5.97 Å². The number of hydrogen-bond donors (Lipinski definition) is 0. The number of aryl methyl sites for hydroxylation is 1. The molecule has 2 atom stereocenters. The topological polar surface area (TPSA) is 111 Å². The van der Waals surface area contributed by atoms with Crippen molar-refractivity contribution >= 4 is 27.0 Å². The van der Waals surface area contributed by atoms with Gasteiger partial charge in [0, 0.05) is 25.5 Å². The molecule has 0 aromatic heterocycles. The van der Waals surface area contributed by atoms with Crippen LogP contribution in [0.1, 0.15) is 45.6 Å². The maximum atomic E-state index is 11.5. The number of esters is 1. The van der Waals surface area contributed by atoms with Crippen LogP contribution >= 0.6 is 0 Å². The summed E-state index contributed by atoms with van der Waals surface area (Å²) in [6.07, 6.45) is 4.56. The molecule has 0 N–H and O–H groups in total. The molecular weight excluding hydrogens is 528 g/mol. The molecule has 0 radical (unpaired) electrons. The van der Waals surface area contributed by atoms with E-state index in [2.05, 4.69) is 13.2 Å². The SMILES string of the molecule is CCC[S+](C)CCCOc1cccc(OCC(COCC)OC(=O)CC)c1.Cc1ccc(S(=O)(=O)[O-])cc1. The van der Waals surface area contributed by atoms with Crippen molar-refractivity contribution in [3.63, 3.8) is 0 Å². The van der Waals surface area contributed by atoms with E-state index in [-0.39, 0.29) is 17.5 Å². The van der Waals surface area contributed by atoms with Crippen LogP contribution in [0, 0.1) is 6.92 Å². The Morgan fingerprint density at radius 3 is 2.21 bits per heavy atom. The van der Waals surface area contributed by atoms with Gasteiger partial charge in [-0.05, 0) is 55.4 Å². The van der Waals surface area contributed by atoms with Gasteiger partial charge in [-0.2, -0.15) is 0 Å². The molecular formula is C28H42O8S2. The first-order chi connectivity index (χ1) is 18.1. The highest BCUT2D eigenvalue weighted by Crippen LogP contribution is 2.20. The van der Waals surface area contributed by atoms with Gasteiger partial charge in [-0.25, -0.2) is 8.42 Å². The third-order valence-corrected chi connectivity index (χ3v) is 8.04. The van der Waals surface area contributed by atoms with Crippen molar-refractivity contribution in [2.45, 2.75) is 58.0 Å². The Hall–Kier alpha value is -2.27. The summed E-state index contributed by atoms with van der Waals surface area (Å²) in [6.45, 7) is 9.59. The molecule has 0 fully saturated rings. The minimum Gasteiger partial charge on any atom is -0.744 e. The van der Waals surface area contributed by atoms with Gasteiger partial charge in [-0.3, -0.25) is 4.79 Å². The fourth-order valence-electron chi connectivity index (χ4n) is 3.13. The molecule has 8 nitrogen and oxygen atoms in total. The molecule has 2 rings (SSSR count). The maximum absolute atomic E-state index is 11.5. The Balaban J connectivity index is 0.000000544. The summed E-state index contributed by atoms with van der Waals surface area (Å²) in [5, 5.41) is 0. The zero-order chi connectivity index (χ0) is 28.4. The Kier molecular flexibility index (Phi) is 16.8. The fraction of sp³-hybridized carbons (Fsp3) is 0.536. The first-order valence-electron chi connectivity index (χ1n) is 12.8. The molecule has 10 heteroatoms. The van der Waals surface area contributed by atoms with E-state index >= 15 is 0 Å². The van der Waals surface area contributed by atoms with Crippen LogP contribution in [0.4, 0.5) is 0 Å². The fourth-order valence-corrected chi connectivity index (χ4v) is 5.11. The second kappa shape index (κ2) is 18.9. The molecule has 0 aliphatic heterocycles. The third kappa shape index (κ3) is 15.2. The number of carbonyl (C=O) groups is 1. The molecule has 0 bridgehead atoms. The van der Waals surface area contributed by atoms with Crippen LogP contribution in [0.5, 0.6) is 11.5 Å².